The van der Waals surface area contributed by atoms with Crippen molar-refractivity contribution in [3.05, 3.63) is 22.7 Å². The number of carboxylic acids is 1. The second-order valence-electron chi connectivity index (χ2n) is 3.94. The molecule has 1 unspecified atom stereocenters. The van der Waals surface area contributed by atoms with Crippen LogP contribution in [0.5, 0.6) is 11.5 Å². The molecule has 5 nitrogen and oxygen atoms in total. The van der Waals surface area contributed by atoms with E-state index in [0.29, 0.717) is 22.1 Å². The molecule has 0 radical (unpaired) electrons. The number of halogens is 1. The average molecular weight is 258 g/mol. The minimum atomic E-state index is -0.940. The van der Waals surface area contributed by atoms with Crippen LogP contribution in [0.3, 0.4) is 0 Å². The molecule has 0 spiro atoms. The highest BCUT2D eigenvalue weighted by atomic mass is 35.5. The van der Waals surface area contributed by atoms with E-state index in [4.69, 9.17) is 21.1 Å². The first-order chi connectivity index (χ1) is 8.00. The molecule has 2 rings (SSSR count). The Morgan fingerprint density at radius 3 is 2.76 bits per heavy atom. The van der Waals surface area contributed by atoms with Gasteiger partial charge in [-0.2, -0.15) is 0 Å². The summed E-state index contributed by atoms with van der Waals surface area (Å²) in [6, 6.07) is 2.47. The molecule has 0 bridgehead atoms. The molecule has 0 aromatic heterocycles. The largest absolute Gasteiger partial charge is 0.480 e. The van der Waals surface area contributed by atoms with E-state index in [1.807, 2.05) is 0 Å². The minimum Gasteiger partial charge on any atom is -0.480 e. The fourth-order valence-electron chi connectivity index (χ4n) is 1.81. The van der Waals surface area contributed by atoms with Crippen LogP contribution >= 0.6 is 11.6 Å². The van der Waals surface area contributed by atoms with E-state index < -0.39 is 12.0 Å². The molecule has 1 aliphatic heterocycles. The number of carboxylic acid groups (broad SMARTS) is 1. The van der Waals surface area contributed by atoms with Gasteiger partial charge >= 0.3 is 5.97 Å². The molecule has 0 aliphatic carbocycles. The Bertz CT molecular complexity index is 461. The summed E-state index contributed by atoms with van der Waals surface area (Å²) >= 11 is 6.01. The Hall–Kier alpha value is -1.46. The van der Waals surface area contributed by atoms with Gasteiger partial charge in [-0.15, -0.1) is 0 Å². The zero-order valence-electron chi connectivity index (χ0n) is 9.44. The molecule has 1 heterocycles. The van der Waals surface area contributed by atoms with Crippen LogP contribution in [0.2, 0.25) is 5.02 Å². The average Bonchev–Trinajstić information content (AvgIpc) is 2.64. The summed E-state index contributed by atoms with van der Waals surface area (Å²) in [5.41, 5.74) is 0.566. The van der Waals surface area contributed by atoms with Crippen molar-refractivity contribution in [2.24, 2.45) is 0 Å². The molecule has 6 heteroatoms. The van der Waals surface area contributed by atoms with Crippen LogP contribution in [0.25, 0.3) is 0 Å². The van der Waals surface area contributed by atoms with Gasteiger partial charge < -0.3 is 14.6 Å². The summed E-state index contributed by atoms with van der Waals surface area (Å²) in [6.45, 7) is 0.109. The van der Waals surface area contributed by atoms with Gasteiger partial charge in [0.15, 0.2) is 11.5 Å². The molecule has 0 fully saturated rings. The van der Waals surface area contributed by atoms with E-state index in [2.05, 4.69) is 0 Å². The summed E-state index contributed by atoms with van der Waals surface area (Å²) < 4.78 is 10.4. The van der Waals surface area contributed by atoms with Gasteiger partial charge in [-0.3, -0.25) is 9.69 Å². The summed E-state index contributed by atoms with van der Waals surface area (Å²) in [5, 5.41) is 9.54. The van der Waals surface area contributed by atoms with Crippen LogP contribution in [-0.4, -0.2) is 36.9 Å². The number of hydrogen-bond donors (Lipinski definition) is 1. The third-order valence-electron chi connectivity index (χ3n) is 2.52. The zero-order valence-corrected chi connectivity index (χ0v) is 10.2. The molecule has 1 aliphatic rings. The van der Waals surface area contributed by atoms with Gasteiger partial charge in [0.05, 0.1) is 5.02 Å². The number of fused-ring (bicyclic) bond motifs is 1. The first kappa shape index (κ1) is 12.0. The van der Waals surface area contributed by atoms with Gasteiger partial charge in [0.25, 0.3) is 0 Å². The lowest BCUT2D eigenvalue weighted by atomic mass is 10.1. The van der Waals surface area contributed by atoms with E-state index in [9.17, 15) is 9.90 Å². The maximum Gasteiger partial charge on any atom is 0.325 e. The number of carbonyl (C=O) groups is 1. The predicted octanol–water partition coefficient (Wildman–Crippen LogP) is 1.76. The van der Waals surface area contributed by atoms with Crippen molar-refractivity contribution >= 4 is 17.6 Å². The molecule has 0 saturated heterocycles. The van der Waals surface area contributed by atoms with Gasteiger partial charge in [-0.25, -0.2) is 0 Å². The van der Waals surface area contributed by atoms with Gasteiger partial charge in [-0.1, -0.05) is 11.6 Å². The second-order valence-corrected chi connectivity index (χ2v) is 4.35. The predicted molar refractivity (Wildman–Crippen MR) is 61.6 cm³/mol. The Kier molecular flexibility index (Phi) is 3.13. The van der Waals surface area contributed by atoms with Crippen LogP contribution in [0.4, 0.5) is 0 Å². The lowest BCUT2D eigenvalue weighted by Crippen LogP contribution is -2.27. The number of benzene rings is 1. The molecular weight excluding hydrogens is 246 g/mol. The number of rotatable bonds is 3. The van der Waals surface area contributed by atoms with Crippen molar-refractivity contribution in [2.75, 3.05) is 20.9 Å². The summed E-state index contributed by atoms with van der Waals surface area (Å²) in [5.74, 6) is 0.0174. The SMILES string of the molecule is CN(C)C(C(=O)O)c1cc(Cl)c2c(c1)OCO2. The summed E-state index contributed by atoms with van der Waals surface area (Å²) in [7, 11) is 3.38. The Morgan fingerprint density at radius 2 is 2.18 bits per heavy atom. The molecule has 0 amide bonds. The first-order valence-corrected chi connectivity index (χ1v) is 5.36. The summed E-state index contributed by atoms with van der Waals surface area (Å²) in [4.78, 5) is 12.8. The normalized spacial score (nSPS) is 15.1. The van der Waals surface area contributed by atoms with Crippen LogP contribution in [0, 0.1) is 0 Å². The van der Waals surface area contributed by atoms with E-state index in [-0.39, 0.29) is 6.79 Å². The fourth-order valence-corrected chi connectivity index (χ4v) is 2.08. The van der Waals surface area contributed by atoms with Crippen LogP contribution in [-0.2, 0) is 4.79 Å². The van der Waals surface area contributed by atoms with Gasteiger partial charge in [0.1, 0.15) is 6.04 Å². The minimum absolute atomic E-state index is 0.109. The molecule has 1 aromatic carbocycles. The highest BCUT2D eigenvalue weighted by Crippen LogP contribution is 2.41. The van der Waals surface area contributed by atoms with Crippen LogP contribution < -0.4 is 9.47 Å². The molecular formula is C11H12ClNO4. The van der Waals surface area contributed by atoms with Crippen molar-refractivity contribution in [2.45, 2.75) is 6.04 Å². The topological polar surface area (TPSA) is 59.0 Å². The maximum absolute atomic E-state index is 11.2. The summed E-state index contributed by atoms with van der Waals surface area (Å²) in [6.07, 6.45) is 0. The standard InChI is InChI=1S/C11H12ClNO4/c1-13(2)9(11(14)15)6-3-7(12)10-8(4-6)16-5-17-10/h3-4,9H,5H2,1-2H3,(H,14,15). The van der Waals surface area contributed by atoms with E-state index in [1.165, 1.54) is 0 Å². The van der Waals surface area contributed by atoms with Crippen LogP contribution in [0.15, 0.2) is 12.1 Å². The van der Waals surface area contributed by atoms with Gasteiger partial charge in [0.2, 0.25) is 6.79 Å². The Morgan fingerprint density at radius 1 is 1.47 bits per heavy atom. The highest BCUT2D eigenvalue weighted by Gasteiger charge is 2.26. The molecule has 17 heavy (non-hydrogen) atoms. The van der Waals surface area contributed by atoms with E-state index >= 15 is 0 Å². The van der Waals surface area contributed by atoms with Gasteiger partial charge in [-0.05, 0) is 31.8 Å². The lowest BCUT2D eigenvalue weighted by Gasteiger charge is -2.20. The molecule has 0 saturated carbocycles. The van der Waals surface area contributed by atoms with E-state index in [1.54, 1.807) is 31.1 Å². The van der Waals surface area contributed by atoms with Crippen molar-refractivity contribution < 1.29 is 19.4 Å². The number of hydrogen-bond acceptors (Lipinski definition) is 4. The molecule has 1 aromatic rings. The Balaban J connectivity index is 2.45. The molecule has 92 valence electrons. The van der Waals surface area contributed by atoms with Crippen molar-refractivity contribution in [1.29, 1.82) is 0 Å². The fraction of sp³-hybridized carbons (Fsp3) is 0.364. The Labute approximate surface area is 103 Å². The first-order valence-electron chi connectivity index (χ1n) is 4.99. The quantitative estimate of drug-likeness (QED) is 0.894. The maximum atomic E-state index is 11.2. The van der Waals surface area contributed by atoms with Crippen molar-refractivity contribution in [1.82, 2.24) is 4.90 Å². The monoisotopic (exact) mass is 257 g/mol. The lowest BCUT2D eigenvalue weighted by molar-refractivity contribution is -0.142. The number of aliphatic carboxylic acids is 1. The van der Waals surface area contributed by atoms with Gasteiger partial charge in [0, 0.05) is 0 Å². The van der Waals surface area contributed by atoms with Crippen LogP contribution in [0.1, 0.15) is 11.6 Å². The third-order valence-corrected chi connectivity index (χ3v) is 2.80. The number of nitrogens with zero attached hydrogens (tertiary/aromatic N) is 1. The van der Waals surface area contributed by atoms with Crippen molar-refractivity contribution in [3.8, 4) is 11.5 Å². The van der Waals surface area contributed by atoms with Crippen molar-refractivity contribution in [3.63, 3.8) is 0 Å². The number of likely N-dealkylation sites (N-methyl/N-ethyl adjacent to an activating group) is 1. The highest BCUT2D eigenvalue weighted by molar-refractivity contribution is 6.32. The smallest absolute Gasteiger partial charge is 0.325 e. The zero-order chi connectivity index (χ0) is 12.6. The third kappa shape index (κ3) is 2.16. The van der Waals surface area contributed by atoms with E-state index in [0.717, 1.165) is 0 Å². The second kappa shape index (κ2) is 4.43. The molecule has 1 N–H and O–H groups in total. The molecule has 1 atom stereocenters. The number of ether oxygens (including phenoxy) is 2.